The van der Waals surface area contributed by atoms with Crippen molar-refractivity contribution in [3.63, 3.8) is 0 Å². The van der Waals surface area contributed by atoms with E-state index in [2.05, 4.69) is 75.2 Å². The van der Waals surface area contributed by atoms with Crippen molar-refractivity contribution >= 4 is 42.7 Å². The molecule has 43 heavy (non-hydrogen) atoms. The second-order valence-electron chi connectivity index (χ2n) is 12.1. The second-order valence-corrected chi connectivity index (χ2v) is 17.2. The Morgan fingerprint density at radius 3 is 2.63 bits per heavy atom. The van der Waals surface area contributed by atoms with Crippen molar-refractivity contribution < 1.29 is 14.0 Å². The number of anilines is 1. The number of carbonyl (C=O) groups excluding carboxylic acids is 1. The van der Waals surface area contributed by atoms with E-state index in [1.807, 2.05) is 6.92 Å². The number of nitrogens with one attached hydrogen (secondary N) is 1. The van der Waals surface area contributed by atoms with Crippen LogP contribution in [0.15, 0.2) is 43.1 Å². The van der Waals surface area contributed by atoms with Crippen LogP contribution >= 0.6 is 11.6 Å². The van der Waals surface area contributed by atoms with E-state index in [1.54, 1.807) is 24.4 Å². The zero-order valence-corrected chi connectivity index (χ0v) is 26.8. The Labute approximate surface area is 256 Å². The summed E-state index contributed by atoms with van der Waals surface area (Å²) in [6.45, 7) is 14.6. The highest BCUT2D eigenvalue weighted by atomic mass is 35.5. The maximum Gasteiger partial charge on any atom is 0.268 e. The fraction of sp³-hybridized carbons (Fsp3) is 0.414. The minimum Gasteiger partial charge on any atom is -0.462 e. The molecule has 0 unspecified atom stereocenters. The Kier molecular flexibility index (Phi) is 8.48. The Bertz CT molecular complexity index is 1680. The predicted molar refractivity (Wildman–Crippen MR) is 165 cm³/mol. The quantitative estimate of drug-likeness (QED) is 0.265. The largest absolute Gasteiger partial charge is 0.462 e. The lowest BCUT2D eigenvalue weighted by Gasteiger charge is -2.46. The van der Waals surface area contributed by atoms with E-state index in [-0.39, 0.29) is 17.0 Å². The molecule has 1 aromatic carbocycles. The van der Waals surface area contributed by atoms with Crippen LogP contribution in [-0.4, -0.2) is 80.7 Å². The van der Waals surface area contributed by atoms with Crippen LogP contribution in [0, 0.1) is 18.3 Å². The Morgan fingerprint density at radius 2 is 1.95 bits per heavy atom. The van der Waals surface area contributed by atoms with Crippen LogP contribution in [0.2, 0.25) is 23.2 Å². The number of benzene rings is 1. The Balaban J connectivity index is 1.39. The molecule has 1 atom stereocenters. The Hall–Kier alpha value is -3.96. The van der Waals surface area contributed by atoms with Crippen LogP contribution < -0.4 is 10.1 Å². The molecule has 3 aromatic heterocycles. The van der Waals surface area contributed by atoms with Gasteiger partial charge in [0.15, 0.2) is 25.9 Å². The molecule has 0 spiro atoms. The summed E-state index contributed by atoms with van der Waals surface area (Å²) < 4.78 is 14.3. The van der Waals surface area contributed by atoms with Gasteiger partial charge in [0.1, 0.15) is 23.5 Å². The minimum atomic E-state index is -1.92. The minimum absolute atomic E-state index is 0.0986. The van der Waals surface area contributed by atoms with Gasteiger partial charge in [-0.2, -0.15) is 10.4 Å². The van der Waals surface area contributed by atoms with Gasteiger partial charge >= 0.3 is 0 Å². The molecule has 1 aliphatic rings. The highest BCUT2D eigenvalue weighted by Crippen LogP contribution is 2.38. The predicted octanol–water partition coefficient (Wildman–Crippen LogP) is 4.53. The number of fused-ring (bicyclic) bond motifs is 1. The molecule has 1 amide bonds. The zero-order chi connectivity index (χ0) is 30.9. The van der Waals surface area contributed by atoms with E-state index < -0.39 is 20.3 Å². The molecule has 1 N–H and O–H groups in total. The van der Waals surface area contributed by atoms with Gasteiger partial charge < -0.3 is 14.5 Å². The molecule has 4 aromatic rings. The number of hydrogen-bond acceptors (Lipinski definition) is 10. The molecule has 0 bridgehead atoms. The summed E-state index contributed by atoms with van der Waals surface area (Å²) in [5.74, 6) is 0.0887. The third-order valence-electron chi connectivity index (χ3n) is 7.84. The number of likely N-dealkylation sites (tertiary alicyclic amines) is 1. The van der Waals surface area contributed by atoms with Gasteiger partial charge in [-0.1, -0.05) is 38.4 Å². The van der Waals surface area contributed by atoms with E-state index in [9.17, 15) is 10.1 Å². The third-order valence-corrected chi connectivity index (χ3v) is 12.7. The first-order chi connectivity index (χ1) is 20.4. The number of aromatic nitrogens is 6. The molecule has 1 aliphatic heterocycles. The van der Waals surface area contributed by atoms with Gasteiger partial charge in [-0.15, -0.1) is 0 Å². The van der Waals surface area contributed by atoms with E-state index in [4.69, 9.17) is 20.8 Å². The summed E-state index contributed by atoms with van der Waals surface area (Å²) >= 11 is 6.44. The average molecular weight is 620 g/mol. The molecule has 12 nitrogen and oxygen atoms in total. The first kappa shape index (κ1) is 30.5. The highest BCUT2D eigenvalue weighted by Gasteiger charge is 2.42. The summed E-state index contributed by atoms with van der Waals surface area (Å²) in [4.78, 5) is 32.8. The molecule has 1 fully saturated rings. The van der Waals surface area contributed by atoms with Crippen molar-refractivity contribution in [3.05, 3.63) is 59.4 Å². The van der Waals surface area contributed by atoms with Gasteiger partial charge in [-0.25, -0.2) is 19.6 Å². The van der Waals surface area contributed by atoms with Crippen LogP contribution in [0.1, 0.15) is 32.0 Å². The van der Waals surface area contributed by atoms with Gasteiger partial charge in [0.05, 0.1) is 41.0 Å². The lowest BCUT2D eigenvalue weighted by atomic mass is 10.1. The molecule has 224 valence electrons. The van der Waals surface area contributed by atoms with Gasteiger partial charge in [0, 0.05) is 19.6 Å². The number of para-hydroxylation sites is 1. The summed E-state index contributed by atoms with van der Waals surface area (Å²) in [6.07, 6.45) is 5.08. The van der Waals surface area contributed by atoms with Crippen LogP contribution in [0.5, 0.6) is 5.88 Å². The number of ether oxygens (including phenoxy) is 1. The lowest BCUT2D eigenvalue weighted by Crippen LogP contribution is -2.60. The monoisotopic (exact) mass is 619 g/mol. The van der Waals surface area contributed by atoms with Crippen LogP contribution in [0.4, 0.5) is 5.82 Å². The number of aryl methyl sites for hydroxylation is 1. The number of rotatable bonds is 9. The number of amides is 1. The first-order valence-electron chi connectivity index (χ1n) is 13.9. The maximum absolute atomic E-state index is 13.5. The molecule has 4 heterocycles. The summed E-state index contributed by atoms with van der Waals surface area (Å²) in [5, 5.41) is 17.8. The van der Waals surface area contributed by atoms with Crippen molar-refractivity contribution in [2.75, 3.05) is 25.0 Å². The summed E-state index contributed by atoms with van der Waals surface area (Å²) in [6, 6.07) is 7.16. The number of nitrogens with zero attached hydrogens (tertiary/aromatic N) is 8. The van der Waals surface area contributed by atoms with E-state index >= 15 is 0 Å². The normalized spacial score (nSPS) is 15.1. The maximum atomic E-state index is 13.5. The average Bonchev–Trinajstić information content (AvgIpc) is 3.36. The fourth-order valence-corrected chi connectivity index (χ4v) is 6.04. The fourth-order valence-electron chi connectivity index (χ4n) is 4.45. The molecule has 5 rings (SSSR count). The summed E-state index contributed by atoms with van der Waals surface area (Å²) in [7, 11) is -1.92. The molecule has 1 saturated heterocycles. The van der Waals surface area contributed by atoms with E-state index in [1.165, 1.54) is 23.4 Å². The third kappa shape index (κ3) is 6.52. The molecule has 0 aliphatic carbocycles. The number of carbonyl (C=O) groups is 1. The molecule has 0 saturated carbocycles. The van der Waals surface area contributed by atoms with Crippen molar-refractivity contribution in [2.45, 2.75) is 58.0 Å². The number of halogens is 1. The van der Waals surface area contributed by atoms with Crippen molar-refractivity contribution in [1.29, 1.82) is 5.26 Å². The smallest absolute Gasteiger partial charge is 0.268 e. The van der Waals surface area contributed by atoms with Crippen molar-refractivity contribution in [1.82, 2.24) is 34.6 Å². The van der Waals surface area contributed by atoms with E-state index in [0.29, 0.717) is 52.8 Å². The standard InChI is InChI=1S/C29H34ClN9O3Si/c1-18-11-33-24(13-32-18)37-27(40)23(16-38-14-20(15-38)42-43(5,6)29(2,3)4)41-28-21-12-36-39(26(21)34-17-35-28)25-19(10-31)8-7-9-22(25)30/h7-9,11-13,17,20,23H,14-16H2,1-6H3,(H,33,37,40)/t23-/m0/s1. The molecular formula is C29H34ClN9O3Si. The summed E-state index contributed by atoms with van der Waals surface area (Å²) in [5.41, 5.74) is 1.84. The molecule has 0 radical (unpaired) electrons. The van der Waals surface area contributed by atoms with Gasteiger partial charge in [-0.3, -0.25) is 14.7 Å². The molecular weight excluding hydrogens is 586 g/mol. The van der Waals surface area contributed by atoms with Crippen LogP contribution in [0.25, 0.3) is 16.7 Å². The number of hydrogen-bond donors (Lipinski definition) is 1. The second kappa shape index (κ2) is 12.0. The molecule has 14 heteroatoms. The van der Waals surface area contributed by atoms with Crippen molar-refractivity contribution in [2.24, 2.45) is 0 Å². The highest BCUT2D eigenvalue weighted by molar-refractivity contribution is 6.74. The topological polar surface area (TPSA) is 144 Å². The first-order valence-corrected chi connectivity index (χ1v) is 17.2. The Morgan fingerprint density at radius 1 is 1.19 bits per heavy atom. The van der Waals surface area contributed by atoms with Gasteiger partial charge in [0.2, 0.25) is 5.88 Å². The van der Waals surface area contributed by atoms with Crippen LogP contribution in [-0.2, 0) is 9.22 Å². The SMILES string of the molecule is Cc1cnc(NC(=O)[C@H](CN2CC(O[Si](C)(C)C(C)(C)C)C2)Oc2ncnc3c2cnn3-c2c(Cl)cccc2C#N)cn1. The van der Waals surface area contributed by atoms with Crippen LogP contribution in [0.3, 0.4) is 0 Å². The van der Waals surface area contributed by atoms with Gasteiger partial charge in [0.25, 0.3) is 5.91 Å². The van der Waals surface area contributed by atoms with E-state index in [0.717, 1.165) is 5.69 Å². The number of nitriles is 1. The zero-order valence-electron chi connectivity index (χ0n) is 25.0. The van der Waals surface area contributed by atoms with Crippen molar-refractivity contribution in [3.8, 4) is 17.6 Å². The lowest BCUT2D eigenvalue weighted by molar-refractivity contribution is -0.125. The van der Waals surface area contributed by atoms with Gasteiger partial charge in [-0.05, 0) is 37.2 Å².